The molecule has 0 spiro atoms. The highest BCUT2D eigenvalue weighted by Gasteiger charge is 2.18. The molecule has 0 saturated carbocycles. The summed E-state index contributed by atoms with van der Waals surface area (Å²) >= 11 is 0. The topological polar surface area (TPSA) is 114 Å². The summed E-state index contributed by atoms with van der Waals surface area (Å²) in [6.07, 6.45) is 4.52. The Labute approximate surface area is 138 Å². The first-order chi connectivity index (χ1) is 11.7. The molecule has 3 rings (SSSR count). The zero-order chi connectivity index (χ0) is 16.8. The predicted molar refractivity (Wildman–Crippen MR) is 86.2 cm³/mol. The number of aryl methyl sites for hydroxylation is 1. The first-order valence-electron chi connectivity index (χ1n) is 7.85. The van der Waals surface area contributed by atoms with E-state index in [1.807, 2.05) is 12.1 Å². The van der Waals surface area contributed by atoms with Crippen LogP contribution in [0.15, 0.2) is 24.5 Å². The monoisotopic (exact) mass is 329 g/mol. The van der Waals surface area contributed by atoms with Crippen LogP contribution in [0.2, 0.25) is 0 Å². The molecule has 0 aliphatic carbocycles. The van der Waals surface area contributed by atoms with Crippen LogP contribution in [-0.2, 0) is 17.9 Å². The number of amides is 2. The molecule has 1 aliphatic heterocycles. The molecule has 0 fully saturated rings. The fourth-order valence-corrected chi connectivity index (χ4v) is 2.31. The number of rotatable bonds is 6. The van der Waals surface area contributed by atoms with Crippen molar-refractivity contribution in [2.45, 2.75) is 25.9 Å². The van der Waals surface area contributed by atoms with Crippen molar-refractivity contribution in [2.24, 2.45) is 0 Å². The van der Waals surface area contributed by atoms with Gasteiger partial charge >= 0.3 is 0 Å². The van der Waals surface area contributed by atoms with Crippen LogP contribution < -0.4 is 16.0 Å². The summed E-state index contributed by atoms with van der Waals surface area (Å²) in [5, 5.41) is 12.7. The van der Waals surface area contributed by atoms with Crippen LogP contribution in [0.3, 0.4) is 0 Å². The van der Waals surface area contributed by atoms with E-state index < -0.39 is 0 Å². The van der Waals surface area contributed by atoms with Gasteiger partial charge in [0.2, 0.25) is 17.7 Å². The highest BCUT2D eigenvalue weighted by atomic mass is 16.2. The van der Waals surface area contributed by atoms with Crippen molar-refractivity contribution in [1.82, 2.24) is 30.4 Å². The number of hydrogen-bond donors (Lipinski definition) is 3. The SMILES string of the molecule is O=C(CCNC(=O)c1nc2n(n1)CCCN2)NCc1cccnc1. The highest BCUT2D eigenvalue weighted by molar-refractivity contribution is 5.91. The van der Waals surface area contributed by atoms with Gasteiger partial charge in [-0.05, 0) is 18.1 Å². The van der Waals surface area contributed by atoms with Gasteiger partial charge in [-0.3, -0.25) is 14.6 Å². The Morgan fingerprint density at radius 1 is 1.33 bits per heavy atom. The summed E-state index contributed by atoms with van der Waals surface area (Å²) in [5.41, 5.74) is 0.926. The van der Waals surface area contributed by atoms with E-state index in [0.29, 0.717) is 12.5 Å². The largest absolute Gasteiger partial charge is 0.354 e. The second-order valence-electron chi connectivity index (χ2n) is 5.41. The fourth-order valence-electron chi connectivity index (χ4n) is 2.31. The van der Waals surface area contributed by atoms with Gasteiger partial charge < -0.3 is 16.0 Å². The molecule has 9 heteroatoms. The maximum absolute atomic E-state index is 12.0. The van der Waals surface area contributed by atoms with Gasteiger partial charge in [-0.1, -0.05) is 6.07 Å². The molecule has 0 saturated heterocycles. The van der Waals surface area contributed by atoms with E-state index in [4.69, 9.17) is 0 Å². The Morgan fingerprint density at radius 3 is 3.04 bits per heavy atom. The van der Waals surface area contributed by atoms with E-state index in [-0.39, 0.29) is 30.6 Å². The molecule has 0 atom stereocenters. The summed E-state index contributed by atoms with van der Waals surface area (Å²) in [5.74, 6) is 0.215. The Balaban J connectivity index is 1.40. The average molecular weight is 329 g/mol. The summed E-state index contributed by atoms with van der Waals surface area (Å²) in [6.45, 7) is 2.23. The van der Waals surface area contributed by atoms with Crippen molar-refractivity contribution in [2.75, 3.05) is 18.4 Å². The van der Waals surface area contributed by atoms with E-state index in [1.165, 1.54) is 0 Å². The lowest BCUT2D eigenvalue weighted by Gasteiger charge is -2.12. The summed E-state index contributed by atoms with van der Waals surface area (Å²) in [7, 11) is 0. The van der Waals surface area contributed by atoms with Crippen LogP contribution >= 0.6 is 0 Å². The van der Waals surface area contributed by atoms with Crippen LogP contribution in [0.1, 0.15) is 29.0 Å². The van der Waals surface area contributed by atoms with E-state index in [0.717, 1.165) is 25.1 Å². The van der Waals surface area contributed by atoms with E-state index in [1.54, 1.807) is 17.1 Å². The highest BCUT2D eigenvalue weighted by Crippen LogP contribution is 2.10. The van der Waals surface area contributed by atoms with Crippen molar-refractivity contribution >= 4 is 17.8 Å². The first kappa shape index (κ1) is 15.9. The Kier molecular flexibility index (Phi) is 4.99. The fraction of sp³-hybridized carbons (Fsp3) is 0.400. The molecule has 0 unspecified atom stereocenters. The van der Waals surface area contributed by atoms with Crippen LogP contribution in [0.5, 0.6) is 0 Å². The molecule has 0 bridgehead atoms. The minimum Gasteiger partial charge on any atom is -0.354 e. The van der Waals surface area contributed by atoms with E-state index in [9.17, 15) is 9.59 Å². The molecule has 0 radical (unpaired) electrons. The third kappa shape index (κ3) is 4.06. The number of hydrogen-bond acceptors (Lipinski definition) is 6. The lowest BCUT2D eigenvalue weighted by molar-refractivity contribution is -0.121. The minimum atomic E-state index is -0.376. The van der Waals surface area contributed by atoms with E-state index in [2.05, 4.69) is 31.0 Å². The normalized spacial score (nSPS) is 12.8. The summed E-state index contributed by atoms with van der Waals surface area (Å²) in [6, 6.07) is 3.70. The van der Waals surface area contributed by atoms with Crippen LogP contribution in [0, 0.1) is 0 Å². The standard InChI is InChI=1S/C15H19N7O2/c23-12(19-10-11-3-1-5-16-9-11)4-7-17-14(24)13-20-15-18-6-2-8-22(15)21-13/h1,3,5,9H,2,4,6-8,10H2,(H,17,24)(H,19,23)(H,18,20,21). The number of aromatic nitrogens is 4. The molecule has 3 N–H and O–H groups in total. The Hall–Kier alpha value is -2.97. The number of carbonyl (C=O) groups excluding carboxylic acids is 2. The third-order valence-electron chi connectivity index (χ3n) is 3.55. The summed E-state index contributed by atoms with van der Waals surface area (Å²) in [4.78, 5) is 31.9. The Bertz CT molecular complexity index is 690. The molecule has 9 nitrogen and oxygen atoms in total. The zero-order valence-electron chi connectivity index (χ0n) is 13.2. The average Bonchev–Trinajstić information content (AvgIpc) is 3.05. The van der Waals surface area contributed by atoms with Crippen LogP contribution in [-0.4, -0.2) is 44.7 Å². The quantitative estimate of drug-likeness (QED) is 0.683. The third-order valence-corrected chi connectivity index (χ3v) is 3.55. The van der Waals surface area contributed by atoms with Crippen LogP contribution in [0.4, 0.5) is 5.95 Å². The minimum absolute atomic E-state index is 0.121. The van der Waals surface area contributed by atoms with Crippen molar-refractivity contribution in [3.63, 3.8) is 0 Å². The zero-order valence-corrected chi connectivity index (χ0v) is 13.2. The van der Waals surface area contributed by atoms with Crippen molar-refractivity contribution in [1.29, 1.82) is 0 Å². The number of carbonyl (C=O) groups is 2. The number of nitrogens with one attached hydrogen (secondary N) is 3. The number of pyridine rings is 1. The molecular formula is C15H19N7O2. The first-order valence-corrected chi connectivity index (χ1v) is 7.85. The lowest BCUT2D eigenvalue weighted by Crippen LogP contribution is -2.31. The molecule has 0 aromatic carbocycles. The molecule has 126 valence electrons. The van der Waals surface area contributed by atoms with Gasteiger partial charge in [-0.2, -0.15) is 4.98 Å². The second-order valence-corrected chi connectivity index (χ2v) is 5.41. The molecule has 2 aromatic rings. The van der Waals surface area contributed by atoms with Gasteiger partial charge in [0.05, 0.1) is 0 Å². The lowest BCUT2D eigenvalue weighted by atomic mass is 10.3. The Morgan fingerprint density at radius 2 is 2.25 bits per heavy atom. The van der Waals surface area contributed by atoms with Crippen LogP contribution in [0.25, 0.3) is 0 Å². The number of fused-ring (bicyclic) bond motifs is 1. The van der Waals surface area contributed by atoms with Gasteiger partial charge in [0, 0.05) is 45.0 Å². The van der Waals surface area contributed by atoms with Gasteiger partial charge in [-0.25, -0.2) is 4.68 Å². The van der Waals surface area contributed by atoms with Crippen molar-refractivity contribution in [3.05, 3.63) is 35.9 Å². The van der Waals surface area contributed by atoms with Gasteiger partial charge in [0.1, 0.15) is 0 Å². The molecule has 24 heavy (non-hydrogen) atoms. The van der Waals surface area contributed by atoms with Gasteiger partial charge in [0.25, 0.3) is 5.91 Å². The smallest absolute Gasteiger partial charge is 0.291 e. The molecule has 1 aliphatic rings. The van der Waals surface area contributed by atoms with E-state index >= 15 is 0 Å². The molecule has 3 heterocycles. The van der Waals surface area contributed by atoms with Crippen molar-refractivity contribution < 1.29 is 9.59 Å². The number of anilines is 1. The second kappa shape index (κ2) is 7.53. The maximum atomic E-state index is 12.0. The summed E-state index contributed by atoms with van der Waals surface area (Å²) < 4.78 is 1.68. The molecule has 2 amide bonds. The molecular weight excluding hydrogens is 310 g/mol. The predicted octanol–water partition coefficient (Wildman–Crippen LogP) is -0.0750. The van der Waals surface area contributed by atoms with Gasteiger partial charge in [-0.15, -0.1) is 5.10 Å². The molecule has 2 aromatic heterocycles. The van der Waals surface area contributed by atoms with Gasteiger partial charge in [0.15, 0.2) is 0 Å². The van der Waals surface area contributed by atoms with Crippen molar-refractivity contribution in [3.8, 4) is 0 Å². The maximum Gasteiger partial charge on any atom is 0.291 e. The number of nitrogens with zero attached hydrogens (tertiary/aromatic N) is 4.